The van der Waals surface area contributed by atoms with E-state index in [-0.39, 0.29) is 12.1 Å². The predicted octanol–water partition coefficient (Wildman–Crippen LogP) is 3.61. The molecule has 25 heavy (non-hydrogen) atoms. The molecule has 0 aliphatic carbocycles. The van der Waals surface area contributed by atoms with Crippen molar-refractivity contribution in [3.8, 4) is 5.75 Å². The van der Waals surface area contributed by atoms with Gasteiger partial charge < -0.3 is 14.8 Å². The van der Waals surface area contributed by atoms with Crippen molar-refractivity contribution < 1.29 is 14.3 Å². The highest BCUT2D eigenvalue weighted by Gasteiger charge is 2.19. The van der Waals surface area contributed by atoms with Gasteiger partial charge >= 0.3 is 5.97 Å². The fraction of sp³-hybridized carbons (Fsp3) is 0.381. The Bertz CT molecular complexity index is 666. The molecule has 1 aliphatic rings. The number of esters is 1. The molecule has 0 atom stereocenters. The molecule has 1 saturated heterocycles. The maximum Gasteiger partial charge on any atom is 0.341 e. The van der Waals surface area contributed by atoms with Crippen molar-refractivity contribution in [2.24, 2.45) is 0 Å². The molecule has 4 nitrogen and oxygen atoms in total. The molecule has 0 spiro atoms. The van der Waals surface area contributed by atoms with Gasteiger partial charge in [-0.2, -0.15) is 0 Å². The molecule has 1 aliphatic heterocycles. The summed E-state index contributed by atoms with van der Waals surface area (Å²) in [5.74, 6) is 0.319. The van der Waals surface area contributed by atoms with Crippen LogP contribution in [0.1, 0.15) is 35.2 Å². The third kappa shape index (κ3) is 5.33. The summed E-state index contributed by atoms with van der Waals surface area (Å²) in [6.45, 7) is 2.32. The summed E-state index contributed by atoms with van der Waals surface area (Å²) in [5, 5.41) is 3.31. The molecule has 0 aromatic heterocycles. The highest BCUT2D eigenvalue weighted by Crippen LogP contribution is 2.22. The van der Waals surface area contributed by atoms with E-state index < -0.39 is 0 Å². The lowest BCUT2D eigenvalue weighted by Crippen LogP contribution is -2.34. The fourth-order valence-corrected chi connectivity index (χ4v) is 2.99. The van der Waals surface area contributed by atoms with Crippen molar-refractivity contribution in [3.63, 3.8) is 0 Å². The van der Waals surface area contributed by atoms with E-state index >= 15 is 0 Å². The van der Waals surface area contributed by atoms with Gasteiger partial charge in [0.2, 0.25) is 0 Å². The molecule has 0 radical (unpaired) electrons. The van der Waals surface area contributed by atoms with Gasteiger partial charge in [-0.1, -0.05) is 42.5 Å². The largest absolute Gasteiger partial charge is 0.489 e. The number of benzene rings is 2. The first-order valence-corrected chi connectivity index (χ1v) is 9.00. The maximum atomic E-state index is 12.4. The minimum absolute atomic E-state index is 0.160. The zero-order valence-electron chi connectivity index (χ0n) is 14.4. The van der Waals surface area contributed by atoms with Crippen molar-refractivity contribution in [3.05, 3.63) is 65.7 Å². The van der Waals surface area contributed by atoms with Crippen molar-refractivity contribution in [2.45, 2.75) is 31.8 Å². The van der Waals surface area contributed by atoms with E-state index in [2.05, 4.69) is 17.4 Å². The van der Waals surface area contributed by atoms with Gasteiger partial charge in [0.1, 0.15) is 17.4 Å². The minimum atomic E-state index is -0.308. The van der Waals surface area contributed by atoms with Crippen LogP contribution in [0.5, 0.6) is 5.75 Å². The highest BCUT2D eigenvalue weighted by atomic mass is 16.5. The van der Waals surface area contributed by atoms with E-state index in [9.17, 15) is 4.79 Å². The second kappa shape index (κ2) is 9.23. The van der Waals surface area contributed by atoms with Crippen LogP contribution in [-0.2, 0) is 11.2 Å². The molecular weight excluding hydrogens is 314 g/mol. The first-order valence-electron chi connectivity index (χ1n) is 9.00. The molecule has 1 fully saturated rings. The van der Waals surface area contributed by atoms with Crippen molar-refractivity contribution in [1.29, 1.82) is 0 Å². The molecule has 132 valence electrons. The quantitative estimate of drug-likeness (QED) is 0.618. The summed E-state index contributed by atoms with van der Waals surface area (Å²) >= 11 is 0. The van der Waals surface area contributed by atoms with Crippen LogP contribution in [-0.4, -0.2) is 31.8 Å². The third-order valence-electron chi connectivity index (χ3n) is 4.37. The lowest BCUT2D eigenvalue weighted by atomic mass is 10.1. The molecule has 1 N–H and O–H groups in total. The molecule has 0 bridgehead atoms. The fourth-order valence-electron chi connectivity index (χ4n) is 2.99. The number of nitrogens with one attached hydrogen (secondary N) is 1. The summed E-state index contributed by atoms with van der Waals surface area (Å²) in [6, 6.07) is 17.6. The van der Waals surface area contributed by atoms with Gasteiger partial charge in [0.05, 0.1) is 6.61 Å². The lowest BCUT2D eigenvalue weighted by molar-refractivity contribution is 0.0491. The average molecular weight is 339 g/mol. The Hall–Kier alpha value is -2.33. The van der Waals surface area contributed by atoms with Crippen LogP contribution in [0.15, 0.2) is 54.6 Å². The standard InChI is InChI=1S/C21H25NO3/c23-21(24-16-6-9-17-7-2-1-3-8-17)19-10-4-5-11-20(19)25-18-12-14-22-15-13-18/h1-5,7-8,10-11,18,22H,6,9,12-16H2. The molecular formula is C21H25NO3. The number of piperidine rings is 1. The summed E-state index contributed by atoms with van der Waals surface area (Å²) < 4.78 is 11.5. The van der Waals surface area contributed by atoms with E-state index in [0.29, 0.717) is 17.9 Å². The molecule has 0 unspecified atom stereocenters. The summed E-state index contributed by atoms with van der Waals surface area (Å²) in [6.07, 6.45) is 3.79. The first kappa shape index (κ1) is 17.5. The van der Waals surface area contributed by atoms with Gasteiger partial charge in [-0.25, -0.2) is 4.79 Å². The Labute approximate surface area is 149 Å². The van der Waals surface area contributed by atoms with Crippen LogP contribution >= 0.6 is 0 Å². The van der Waals surface area contributed by atoms with Gasteiger partial charge in [0, 0.05) is 0 Å². The van der Waals surface area contributed by atoms with E-state index in [0.717, 1.165) is 38.8 Å². The summed E-state index contributed by atoms with van der Waals surface area (Å²) in [7, 11) is 0. The normalized spacial score (nSPS) is 14.9. The van der Waals surface area contributed by atoms with Gasteiger partial charge in [0.15, 0.2) is 0 Å². The van der Waals surface area contributed by atoms with Gasteiger partial charge in [0.25, 0.3) is 0 Å². The number of hydrogen-bond donors (Lipinski definition) is 1. The highest BCUT2D eigenvalue weighted by molar-refractivity contribution is 5.92. The molecule has 3 rings (SSSR count). The topological polar surface area (TPSA) is 47.6 Å². The molecule has 2 aromatic carbocycles. The van der Waals surface area contributed by atoms with Crippen LogP contribution in [0.3, 0.4) is 0 Å². The zero-order chi connectivity index (χ0) is 17.3. The molecule has 0 saturated carbocycles. The van der Waals surface area contributed by atoms with Crippen LogP contribution in [0.2, 0.25) is 0 Å². The smallest absolute Gasteiger partial charge is 0.341 e. The molecule has 0 amide bonds. The van der Waals surface area contributed by atoms with Crippen LogP contribution < -0.4 is 10.1 Å². The minimum Gasteiger partial charge on any atom is -0.489 e. The number of para-hydroxylation sites is 1. The Morgan fingerprint density at radius 2 is 1.72 bits per heavy atom. The number of aryl methyl sites for hydroxylation is 1. The van der Waals surface area contributed by atoms with E-state index in [1.54, 1.807) is 6.07 Å². The average Bonchev–Trinajstić information content (AvgIpc) is 2.67. The number of carbonyl (C=O) groups is 1. The molecule has 1 heterocycles. The molecule has 2 aromatic rings. The van der Waals surface area contributed by atoms with Gasteiger partial charge in [-0.15, -0.1) is 0 Å². The number of carbonyl (C=O) groups excluding carboxylic acids is 1. The second-order valence-corrected chi connectivity index (χ2v) is 6.29. The van der Waals surface area contributed by atoms with Crippen LogP contribution in [0.25, 0.3) is 0 Å². The zero-order valence-corrected chi connectivity index (χ0v) is 14.4. The Morgan fingerprint density at radius 1 is 1.00 bits per heavy atom. The van der Waals surface area contributed by atoms with Crippen LogP contribution in [0, 0.1) is 0 Å². The van der Waals surface area contributed by atoms with E-state index in [1.165, 1.54) is 5.56 Å². The van der Waals surface area contributed by atoms with E-state index in [1.807, 2.05) is 36.4 Å². The summed E-state index contributed by atoms with van der Waals surface area (Å²) in [4.78, 5) is 12.4. The maximum absolute atomic E-state index is 12.4. The van der Waals surface area contributed by atoms with Crippen molar-refractivity contribution in [1.82, 2.24) is 5.32 Å². The summed E-state index contributed by atoms with van der Waals surface area (Å²) in [5.41, 5.74) is 1.77. The number of ether oxygens (including phenoxy) is 2. The first-order chi connectivity index (χ1) is 12.3. The van der Waals surface area contributed by atoms with Crippen molar-refractivity contribution >= 4 is 5.97 Å². The Balaban J connectivity index is 1.51. The van der Waals surface area contributed by atoms with Crippen molar-refractivity contribution in [2.75, 3.05) is 19.7 Å². The monoisotopic (exact) mass is 339 g/mol. The second-order valence-electron chi connectivity index (χ2n) is 6.29. The van der Waals surface area contributed by atoms with E-state index in [4.69, 9.17) is 9.47 Å². The third-order valence-corrected chi connectivity index (χ3v) is 4.37. The van der Waals surface area contributed by atoms with Gasteiger partial charge in [-0.05, 0) is 56.5 Å². The Morgan fingerprint density at radius 3 is 2.52 bits per heavy atom. The lowest BCUT2D eigenvalue weighted by Gasteiger charge is -2.24. The predicted molar refractivity (Wildman–Crippen MR) is 98.0 cm³/mol. The SMILES string of the molecule is O=C(OCCCc1ccccc1)c1ccccc1OC1CCNCC1. The molecule has 4 heteroatoms. The Kier molecular flexibility index (Phi) is 6.46. The van der Waals surface area contributed by atoms with Gasteiger partial charge in [-0.3, -0.25) is 0 Å². The number of hydrogen-bond acceptors (Lipinski definition) is 4. The van der Waals surface area contributed by atoms with Crippen LogP contribution in [0.4, 0.5) is 0 Å². The number of rotatable bonds is 7.